The first-order valence-electron chi connectivity index (χ1n) is 9.85. The van der Waals surface area contributed by atoms with Gasteiger partial charge in [-0.05, 0) is 23.3 Å². The van der Waals surface area contributed by atoms with Gasteiger partial charge in [-0.2, -0.15) is 0 Å². The monoisotopic (exact) mass is 396 g/mol. The third-order valence-electron chi connectivity index (χ3n) is 5.10. The van der Waals surface area contributed by atoms with Crippen molar-refractivity contribution in [2.45, 2.75) is 6.10 Å². The molecule has 5 rings (SSSR count). The maximum Gasteiger partial charge on any atom is 0.146 e. The Morgan fingerprint density at radius 3 is 2.17 bits per heavy atom. The van der Waals surface area contributed by atoms with Crippen molar-refractivity contribution in [3.63, 3.8) is 0 Å². The highest BCUT2D eigenvalue weighted by molar-refractivity contribution is 6.24. The molecule has 3 aromatic carbocycles. The Hall–Kier alpha value is -3.70. The third-order valence-corrected chi connectivity index (χ3v) is 5.10. The van der Waals surface area contributed by atoms with E-state index < -0.39 is 6.10 Å². The molecule has 0 spiro atoms. The van der Waals surface area contributed by atoms with E-state index >= 15 is 0 Å². The molecule has 30 heavy (non-hydrogen) atoms. The summed E-state index contributed by atoms with van der Waals surface area (Å²) in [4.78, 5) is 9.87. The summed E-state index contributed by atoms with van der Waals surface area (Å²) in [6, 6.07) is 25.8. The van der Waals surface area contributed by atoms with Gasteiger partial charge in [0.05, 0.1) is 0 Å². The van der Waals surface area contributed by atoms with Gasteiger partial charge in [0, 0.05) is 22.7 Å². The van der Waals surface area contributed by atoms with Crippen LogP contribution in [0.3, 0.4) is 0 Å². The Bertz CT molecular complexity index is 1180. The highest BCUT2D eigenvalue weighted by Crippen LogP contribution is 2.36. The van der Waals surface area contributed by atoms with Gasteiger partial charge in [0.2, 0.25) is 0 Å². The van der Waals surface area contributed by atoms with Crippen molar-refractivity contribution in [1.29, 1.82) is 0 Å². The van der Waals surface area contributed by atoms with Gasteiger partial charge in [-0.25, -0.2) is 0 Å². The zero-order valence-corrected chi connectivity index (χ0v) is 16.2. The van der Waals surface area contributed by atoms with Crippen molar-refractivity contribution in [2.75, 3.05) is 13.2 Å². The summed E-state index contributed by atoms with van der Waals surface area (Å²) in [5.41, 5.74) is 5.91. The molecule has 1 heterocycles. The van der Waals surface area contributed by atoms with Crippen LogP contribution in [0.15, 0.2) is 90.2 Å². The molecule has 0 bridgehead atoms. The molecule has 1 aromatic heterocycles. The van der Waals surface area contributed by atoms with Crippen molar-refractivity contribution >= 4 is 16.6 Å². The molecule has 1 N–H and O–H groups in total. The van der Waals surface area contributed by atoms with E-state index in [4.69, 9.17) is 9.57 Å². The minimum Gasteiger partial charge on any atom is -0.488 e. The predicted molar refractivity (Wildman–Crippen MR) is 117 cm³/mol. The second-order valence-corrected chi connectivity index (χ2v) is 7.12. The molecular weight excluding hydrogens is 376 g/mol. The van der Waals surface area contributed by atoms with Crippen LogP contribution in [0.1, 0.15) is 11.1 Å². The molecule has 1 aliphatic carbocycles. The summed E-state index contributed by atoms with van der Waals surface area (Å²) in [6.07, 6.45) is 0.905. The van der Waals surface area contributed by atoms with Gasteiger partial charge in [-0.15, -0.1) is 0 Å². The maximum atomic E-state index is 10.3. The molecule has 0 aliphatic heterocycles. The summed E-state index contributed by atoms with van der Waals surface area (Å²) >= 11 is 0. The minimum atomic E-state index is -0.819. The SMILES string of the molecule is OC(CON=C1c2ccccc2-c2ccccc21)COc1cccc2cccnc12. The van der Waals surface area contributed by atoms with Crippen LogP contribution in [0.25, 0.3) is 22.0 Å². The number of fused-ring (bicyclic) bond motifs is 4. The van der Waals surface area contributed by atoms with E-state index in [-0.39, 0.29) is 13.2 Å². The highest BCUT2D eigenvalue weighted by atomic mass is 16.6. The van der Waals surface area contributed by atoms with E-state index in [0.29, 0.717) is 5.75 Å². The van der Waals surface area contributed by atoms with E-state index in [2.05, 4.69) is 22.3 Å². The number of oxime groups is 1. The van der Waals surface area contributed by atoms with Crippen LogP contribution in [-0.4, -0.2) is 35.1 Å². The molecule has 148 valence electrons. The summed E-state index contributed by atoms with van der Waals surface area (Å²) in [7, 11) is 0. The predicted octanol–water partition coefficient (Wildman–Crippen LogP) is 4.42. The number of aliphatic hydroxyl groups is 1. The fourth-order valence-electron chi connectivity index (χ4n) is 3.71. The molecule has 0 fully saturated rings. The van der Waals surface area contributed by atoms with E-state index in [1.165, 1.54) is 0 Å². The van der Waals surface area contributed by atoms with Crippen LogP contribution in [0.4, 0.5) is 0 Å². The molecule has 5 nitrogen and oxygen atoms in total. The molecule has 0 amide bonds. The van der Waals surface area contributed by atoms with Gasteiger partial charge in [-0.1, -0.05) is 71.9 Å². The van der Waals surface area contributed by atoms with E-state index in [1.807, 2.05) is 66.7 Å². The summed E-state index contributed by atoms with van der Waals surface area (Å²) in [5.74, 6) is 0.636. The van der Waals surface area contributed by atoms with Gasteiger partial charge < -0.3 is 14.7 Å². The lowest BCUT2D eigenvalue weighted by atomic mass is 10.1. The average molecular weight is 396 g/mol. The number of hydrogen-bond acceptors (Lipinski definition) is 5. The van der Waals surface area contributed by atoms with Crippen molar-refractivity contribution in [2.24, 2.45) is 5.16 Å². The maximum absolute atomic E-state index is 10.3. The molecule has 4 aromatic rings. The number of hydrogen-bond donors (Lipinski definition) is 1. The van der Waals surface area contributed by atoms with Crippen molar-refractivity contribution in [1.82, 2.24) is 4.98 Å². The average Bonchev–Trinajstić information content (AvgIpc) is 3.12. The topological polar surface area (TPSA) is 63.9 Å². The van der Waals surface area contributed by atoms with E-state index in [1.54, 1.807) is 6.20 Å². The number of aromatic nitrogens is 1. The summed E-state index contributed by atoms with van der Waals surface area (Å²) in [6.45, 7) is 0.125. The fourth-order valence-corrected chi connectivity index (χ4v) is 3.71. The second kappa shape index (κ2) is 7.97. The van der Waals surface area contributed by atoms with Crippen LogP contribution in [0.2, 0.25) is 0 Å². The Kier molecular flexibility index (Phi) is 4.87. The zero-order valence-electron chi connectivity index (χ0n) is 16.2. The van der Waals surface area contributed by atoms with Crippen molar-refractivity contribution < 1.29 is 14.7 Å². The van der Waals surface area contributed by atoms with E-state index in [0.717, 1.165) is 38.9 Å². The molecule has 0 radical (unpaired) electrons. The number of nitrogens with zero attached hydrogens (tertiary/aromatic N) is 2. The normalized spacial score (nSPS) is 12.9. The molecule has 1 unspecified atom stereocenters. The number of rotatable bonds is 6. The first kappa shape index (κ1) is 18.3. The lowest BCUT2D eigenvalue weighted by molar-refractivity contribution is 0.0147. The molecule has 1 aliphatic rings. The number of para-hydroxylation sites is 1. The molecule has 1 atom stereocenters. The lowest BCUT2D eigenvalue weighted by Crippen LogP contribution is -2.23. The Morgan fingerprint density at radius 2 is 1.43 bits per heavy atom. The third kappa shape index (κ3) is 3.40. The zero-order chi connectivity index (χ0) is 20.3. The number of benzene rings is 3. The molecule has 0 saturated heterocycles. The number of pyridine rings is 1. The van der Waals surface area contributed by atoms with Crippen LogP contribution in [0.5, 0.6) is 5.75 Å². The largest absolute Gasteiger partial charge is 0.488 e. The van der Waals surface area contributed by atoms with Crippen LogP contribution < -0.4 is 4.74 Å². The highest BCUT2D eigenvalue weighted by Gasteiger charge is 2.24. The van der Waals surface area contributed by atoms with Gasteiger partial charge in [0.1, 0.15) is 36.3 Å². The Labute approximate surface area is 174 Å². The van der Waals surface area contributed by atoms with Crippen LogP contribution in [0, 0.1) is 0 Å². The molecular formula is C25H20N2O3. The van der Waals surface area contributed by atoms with Gasteiger partial charge in [0.25, 0.3) is 0 Å². The number of aliphatic hydroxyl groups excluding tert-OH is 1. The summed E-state index contributed by atoms with van der Waals surface area (Å²) < 4.78 is 5.78. The fraction of sp³-hybridized carbons (Fsp3) is 0.120. The van der Waals surface area contributed by atoms with Gasteiger partial charge >= 0.3 is 0 Å². The molecule has 5 heteroatoms. The second-order valence-electron chi connectivity index (χ2n) is 7.12. The van der Waals surface area contributed by atoms with Crippen LogP contribution >= 0.6 is 0 Å². The standard InChI is InChI=1S/C25H20N2O3/c28-18(15-29-23-13-5-7-17-8-6-14-26-24(17)23)16-30-27-25-21-11-3-1-9-19(21)20-10-2-4-12-22(20)25/h1-14,18,28H,15-16H2. The molecule has 0 saturated carbocycles. The van der Waals surface area contributed by atoms with Crippen molar-refractivity contribution in [3.8, 4) is 16.9 Å². The minimum absolute atomic E-state index is 0.0338. The van der Waals surface area contributed by atoms with E-state index in [9.17, 15) is 5.11 Å². The first-order valence-corrected chi connectivity index (χ1v) is 9.85. The smallest absolute Gasteiger partial charge is 0.146 e. The first-order chi connectivity index (χ1) is 14.8. The Morgan fingerprint density at radius 1 is 0.767 bits per heavy atom. The van der Waals surface area contributed by atoms with Crippen molar-refractivity contribution in [3.05, 3.63) is 96.2 Å². The van der Waals surface area contributed by atoms with Gasteiger partial charge in [0.15, 0.2) is 0 Å². The quantitative estimate of drug-likeness (QED) is 0.432. The summed E-state index contributed by atoms with van der Waals surface area (Å²) in [5, 5.41) is 15.6. The van der Waals surface area contributed by atoms with Crippen LogP contribution in [-0.2, 0) is 4.84 Å². The van der Waals surface area contributed by atoms with Gasteiger partial charge in [-0.3, -0.25) is 4.98 Å². The number of ether oxygens (including phenoxy) is 1. The lowest BCUT2D eigenvalue weighted by Gasteiger charge is -2.13. The Balaban J connectivity index is 1.26.